The number of hydrogen-bond donors (Lipinski definition) is 1. The Labute approximate surface area is 200 Å². The summed E-state index contributed by atoms with van der Waals surface area (Å²) in [7, 11) is 0. The van der Waals surface area contributed by atoms with Crippen molar-refractivity contribution in [2.24, 2.45) is 39.4 Å². The van der Waals surface area contributed by atoms with Gasteiger partial charge in [-0.05, 0) is 97.0 Å². The molecule has 0 saturated heterocycles. The molecular weight excluding hydrogens is 408 g/mol. The average Bonchev–Trinajstić information content (AvgIpc) is 3.02. The van der Waals surface area contributed by atoms with E-state index in [2.05, 4.69) is 53.7 Å². The van der Waals surface area contributed by atoms with Crippen LogP contribution in [-0.2, 0) is 9.59 Å². The lowest BCUT2D eigenvalue weighted by Gasteiger charge is -2.59. The predicted molar refractivity (Wildman–Crippen MR) is 134 cm³/mol. The molecule has 0 bridgehead atoms. The van der Waals surface area contributed by atoms with Gasteiger partial charge in [-0.2, -0.15) is 0 Å². The molecule has 0 amide bonds. The second-order valence-corrected chi connectivity index (χ2v) is 12.9. The molecule has 0 heterocycles. The van der Waals surface area contributed by atoms with E-state index in [0.717, 1.165) is 32.1 Å². The van der Waals surface area contributed by atoms with E-state index in [4.69, 9.17) is 5.11 Å². The normalized spacial score (nSPS) is 40.8. The number of Topliss-reactive ketones (excluding diaryl/α,β-unsaturated/α-hetero) is 1. The molecular formula is C30H44O3. The Hall–Kier alpha value is -1.64. The SMILES string of the molecule is C/C(=C/CC[C@@H](C)[C@H]1CC[C@@]2(C)C3=CCC4C(C)(C)C(=O)CC[C@]4(C)C3=CC[C@]12C)C(=O)O. The van der Waals surface area contributed by atoms with Crippen molar-refractivity contribution in [3.8, 4) is 0 Å². The fraction of sp³-hybridized carbons (Fsp3) is 0.733. The van der Waals surface area contributed by atoms with Crippen molar-refractivity contribution in [2.75, 3.05) is 0 Å². The van der Waals surface area contributed by atoms with Crippen LogP contribution in [0.1, 0.15) is 99.8 Å². The summed E-state index contributed by atoms with van der Waals surface area (Å²) in [6, 6.07) is 0. The molecule has 4 aliphatic rings. The maximum absolute atomic E-state index is 12.8. The van der Waals surface area contributed by atoms with Crippen LogP contribution in [0.25, 0.3) is 0 Å². The fourth-order valence-electron chi connectivity index (χ4n) is 8.61. The molecule has 2 saturated carbocycles. The third kappa shape index (κ3) is 3.43. The highest BCUT2D eigenvalue weighted by atomic mass is 16.4. The summed E-state index contributed by atoms with van der Waals surface area (Å²) in [4.78, 5) is 23.9. The van der Waals surface area contributed by atoms with Gasteiger partial charge >= 0.3 is 5.97 Å². The standard InChI is InChI=1S/C30H44O3/c1-19(9-8-10-20(2)26(32)33)21-13-17-30(7)23-11-12-24-27(3,4)25(31)15-16-28(24,5)22(23)14-18-29(21,30)6/h10-11,14,19,21,24H,8-9,12-13,15-18H2,1-7H3,(H,32,33)/b20-10-/t19-,21-,24?,28-,29-,30+/m1/s1. The Balaban J connectivity index is 1.62. The molecule has 0 aromatic carbocycles. The minimum absolute atomic E-state index is 0.106. The molecule has 3 heteroatoms. The molecule has 4 rings (SSSR count). The molecule has 0 radical (unpaired) electrons. The average molecular weight is 453 g/mol. The van der Waals surface area contributed by atoms with Crippen LogP contribution >= 0.6 is 0 Å². The smallest absolute Gasteiger partial charge is 0.330 e. The van der Waals surface area contributed by atoms with Crippen molar-refractivity contribution >= 4 is 11.8 Å². The molecule has 0 aliphatic heterocycles. The van der Waals surface area contributed by atoms with Crippen molar-refractivity contribution < 1.29 is 14.7 Å². The number of carboxylic acids is 1. The lowest BCUT2D eigenvalue weighted by atomic mass is 9.44. The van der Waals surface area contributed by atoms with Crippen molar-refractivity contribution in [1.82, 2.24) is 0 Å². The Morgan fingerprint density at radius 3 is 2.52 bits per heavy atom. The van der Waals surface area contributed by atoms with Crippen LogP contribution in [0.5, 0.6) is 0 Å². The monoisotopic (exact) mass is 452 g/mol. The summed E-state index contributed by atoms with van der Waals surface area (Å²) >= 11 is 0. The number of hydrogen-bond acceptors (Lipinski definition) is 2. The molecule has 1 N–H and O–H groups in total. The summed E-state index contributed by atoms with van der Waals surface area (Å²) in [5.41, 5.74) is 3.89. The zero-order valence-corrected chi connectivity index (χ0v) is 21.9. The second-order valence-electron chi connectivity index (χ2n) is 12.9. The summed E-state index contributed by atoms with van der Waals surface area (Å²) in [6.07, 6.45) is 15.2. The minimum atomic E-state index is -0.809. The molecule has 0 spiro atoms. The molecule has 182 valence electrons. The van der Waals surface area contributed by atoms with Crippen LogP contribution in [-0.4, -0.2) is 16.9 Å². The number of fused-ring (bicyclic) bond motifs is 5. The lowest BCUT2D eigenvalue weighted by Crippen LogP contribution is -2.53. The molecule has 3 nitrogen and oxygen atoms in total. The highest BCUT2D eigenvalue weighted by Gasteiger charge is 2.63. The number of allylic oxidation sites excluding steroid dienone is 5. The first-order valence-electron chi connectivity index (χ1n) is 13.1. The summed E-state index contributed by atoms with van der Waals surface area (Å²) < 4.78 is 0. The zero-order valence-electron chi connectivity index (χ0n) is 21.9. The predicted octanol–water partition coefficient (Wildman–Crippen LogP) is 7.53. The van der Waals surface area contributed by atoms with Gasteiger partial charge in [-0.15, -0.1) is 0 Å². The van der Waals surface area contributed by atoms with Crippen LogP contribution in [0, 0.1) is 39.4 Å². The van der Waals surface area contributed by atoms with Gasteiger partial charge in [0.05, 0.1) is 0 Å². The topological polar surface area (TPSA) is 54.4 Å². The van der Waals surface area contributed by atoms with E-state index in [1.807, 2.05) is 6.08 Å². The van der Waals surface area contributed by atoms with Crippen LogP contribution in [0.2, 0.25) is 0 Å². The molecule has 33 heavy (non-hydrogen) atoms. The van der Waals surface area contributed by atoms with Gasteiger partial charge in [0.15, 0.2) is 0 Å². The second kappa shape index (κ2) is 7.95. The van der Waals surface area contributed by atoms with Crippen molar-refractivity contribution in [1.29, 1.82) is 0 Å². The summed E-state index contributed by atoms with van der Waals surface area (Å²) in [5.74, 6) is 1.25. The molecule has 2 fully saturated rings. The first-order chi connectivity index (χ1) is 15.3. The van der Waals surface area contributed by atoms with Crippen molar-refractivity contribution in [2.45, 2.75) is 99.8 Å². The molecule has 0 aromatic rings. The van der Waals surface area contributed by atoms with Gasteiger partial charge in [-0.1, -0.05) is 59.8 Å². The number of aliphatic carboxylic acids is 1. The lowest BCUT2D eigenvalue weighted by molar-refractivity contribution is -0.138. The van der Waals surface area contributed by atoms with E-state index >= 15 is 0 Å². The molecule has 4 aliphatic carbocycles. The number of ketones is 1. The number of carboxylic acid groups (broad SMARTS) is 1. The summed E-state index contributed by atoms with van der Waals surface area (Å²) in [5, 5.41) is 9.15. The quantitative estimate of drug-likeness (QED) is 0.439. The number of carbonyl (C=O) groups is 2. The third-order valence-corrected chi connectivity index (χ3v) is 11.1. The zero-order chi connectivity index (χ0) is 24.4. The molecule has 0 aromatic heterocycles. The van der Waals surface area contributed by atoms with E-state index in [9.17, 15) is 9.59 Å². The molecule has 6 atom stereocenters. The largest absolute Gasteiger partial charge is 0.478 e. The van der Waals surface area contributed by atoms with Gasteiger partial charge in [0, 0.05) is 17.4 Å². The highest BCUT2D eigenvalue weighted by molar-refractivity contribution is 5.86. The van der Waals surface area contributed by atoms with Crippen molar-refractivity contribution in [3.63, 3.8) is 0 Å². The maximum Gasteiger partial charge on any atom is 0.330 e. The van der Waals surface area contributed by atoms with E-state index in [0.29, 0.717) is 35.5 Å². The maximum atomic E-state index is 12.8. The first kappa shape index (κ1) is 24.5. The first-order valence-corrected chi connectivity index (χ1v) is 13.1. The van der Waals surface area contributed by atoms with E-state index in [1.54, 1.807) is 18.1 Å². The van der Waals surface area contributed by atoms with Crippen LogP contribution in [0.3, 0.4) is 0 Å². The fourth-order valence-corrected chi connectivity index (χ4v) is 8.61. The van der Waals surface area contributed by atoms with Gasteiger partial charge in [0.25, 0.3) is 0 Å². The van der Waals surface area contributed by atoms with Crippen LogP contribution < -0.4 is 0 Å². The van der Waals surface area contributed by atoms with Gasteiger partial charge in [0.2, 0.25) is 0 Å². The van der Waals surface area contributed by atoms with Crippen LogP contribution in [0.4, 0.5) is 0 Å². The minimum Gasteiger partial charge on any atom is -0.478 e. The van der Waals surface area contributed by atoms with E-state index in [-0.39, 0.29) is 21.7 Å². The van der Waals surface area contributed by atoms with Gasteiger partial charge < -0.3 is 5.11 Å². The van der Waals surface area contributed by atoms with Crippen LogP contribution in [0.15, 0.2) is 34.9 Å². The highest BCUT2D eigenvalue weighted by Crippen LogP contribution is 2.71. The van der Waals surface area contributed by atoms with Gasteiger partial charge in [0.1, 0.15) is 5.78 Å². The number of carbonyl (C=O) groups excluding carboxylic acids is 1. The Bertz CT molecular complexity index is 950. The Morgan fingerprint density at radius 2 is 1.85 bits per heavy atom. The summed E-state index contributed by atoms with van der Waals surface area (Å²) in [6.45, 7) is 15.9. The van der Waals surface area contributed by atoms with E-state index in [1.165, 1.54) is 12.8 Å². The van der Waals surface area contributed by atoms with Crippen molar-refractivity contribution in [3.05, 3.63) is 34.9 Å². The van der Waals surface area contributed by atoms with E-state index < -0.39 is 5.97 Å². The Kier molecular flexibility index (Phi) is 5.90. The molecule has 1 unspecified atom stereocenters. The number of rotatable bonds is 5. The third-order valence-electron chi connectivity index (χ3n) is 11.1. The van der Waals surface area contributed by atoms with Gasteiger partial charge in [-0.25, -0.2) is 4.79 Å². The van der Waals surface area contributed by atoms with Gasteiger partial charge in [-0.3, -0.25) is 4.79 Å². The Morgan fingerprint density at radius 1 is 1.15 bits per heavy atom.